The zero-order valence-electron chi connectivity index (χ0n) is 11.7. The van der Waals surface area contributed by atoms with E-state index in [2.05, 4.69) is 31.4 Å². The summed E-state index contributed by atoms with van der Waals surface area (Å²) in [4.78, 5) is 14.2. The molecule has 0 radical (unpaired) electrons. The number of carbonyl (C=O) groups excluding carboxylic acids is 1. The first-order valence-corrected chi connectivity index (χ1v) is 6.87. The smallest absolute Gasteiger partial charge is 0.410 e. The number of piperazine rings is 1. The van der Waals surface area contributed by atoms with Crippen LogP contribution in [0, 0.1) is 5.41 Å². The molecule has 2 atom stereocenters. The Hall–Kier alpha value is -0.810. The predicted molar refractivity (Wildman–Crippen MR) is 70.6 cm³/mol. The lowest BCUT2D eigenvalue weighted by Crippen LogP contribution is -2.59. The number of amides is 1. The summed E-state index contributed by atoms with van der Waals surface area (Å²) in [5.41, 5.74) is 0.0698. The lowest BCUT2D eigenvalue weighted by molar-refractivity contribution is 0.0265. The third-order valence-electron chi connectivity index (χ3n) is 3.76. The molecule has 2 rings (SSSR count). The predicted octanol–water partition coefficient (Wildman–Crippen LogP) is 0.805. The molecule has 2 aliphatic heterocycles. The molecule has 2 heterocycles. The van der Waals surface area contributed by atoms with Crippen LogP contribution < -0.4 is 10.6 Å². The minimum absolute atomic E-state index is 0.0491. The van der Waals surface area contributed by atoms with Crippen molar-refractivity contribution in [2.24, 2.45) is 5.41 Å². The normalized spacial score (nSPS) is 29.4. The number of ether oxygens (including phenoxy) is 1. The highest BCUT2D eigenvalue weighted by Crippen LogP contribution is 2.26. The van der Waals surface area contributed by atoms with Gasteiger partial charge in [0.2, 0.25) is 0 Å². The van der Waals surface area contributed by atoms with Crippen molar-refractivity contribution >= 4 is 6.09 Å². The second-order valence-corrected chi connectivity index (χ2v) is 6.28. The van der Waals surface area contributed by atoms with E-state index in [9.17, 15) is 4.79 Å². The van der Waals surface area contributed by atoms with Crippen LogP contribution in [0.1, 0.15) is 27.2 Å². The van der Waals surface area contributed by atoms with Crippen LogP contribution >= 0.6 is 0 Å². The first-order chi connectivity index (χ1) is 8.48. The maximum absolute atomic E-state index is 12.3. The van der Waals surface area contributed by atoms with Crippen LogP contribution in [0.2, 0.25) is 0 Å². The lowest BCUT2D eigenvalue weighted by atomic mass is 9.85. The van der Waals surface area contributed by atoms with Gasteiger partial charge in [-0.2, -0.15) is 0 Å². The van der Waals surface area contributed by atoms with Gasteiger partial charge in [-0.15, -0.1) is 0 Å². The van der Waals surface area contributed by atoms with Crippen molar-refractivity contribution in [3.63, 3.8) is 0 Å². The van der Waals surface area contributed by atoms with Crippen molar-refractivity contribution in [3.8, 4) is 0 Å². The topological polar surface area (TPSA) is 53.6 Å². The van der Waals surface area contributed by atoms with Gasteiger partial charge in [-0.05, 0) is 18.4 Å². The van der Waals surface area contributed by atoms with E-state index < -0.39 is 0 Å². The van der Waals surface area contributed by atoms with Crippen molar-refractivity contribution in [2.45, 2.75) is 39.3 Å². The quantitative estimate of drug-likeness (QED) is 0.728. The van der Waals surface area contributed by atoms with Gasteiger partial charge in [-0.1, -0.05) is 20.8 Å². The first kappa shape index (κ1) is 13.6. The van der Waals surface area contributed by atoms with Crippen LogP contribution in [0.4, 0.5) is 4.79 Å². The van der Waals surface area contributed by atoms with Gasteiger partial charge in [0.25, 0.3) is 0 Å². The fourth-order valence-electron chi connectivity index (χ4n) is 2.64. The van der Waals surface area contributed by atoms with Crippen LogP contribution in [-0.2, 0) is 4.74 Å². The van der Waals surface area contributed by atoms with E-state index in [-0.39, 0.29) is 23.7 Å². The Morgan fingerprint density at radius 3 is 2.56 bits per heavy atom. The highest BCUT2D eigenvalue weighted by molar-refractivity contribution is 5.68. The van der Waals surface area contributed by atoms with Gasteiger partial charge in [-0.25, -0.2) is 4.79 Å². The third-order valence-corrected chi connectivity index (χ3v) is 3.76. The Morgan fingerprint density at radius 2 is 1.94 bits per heavy atom. The maximum atomic E-state index is 12.3. The van der Waals surface area contributed by atoms with Crippen LogP contribution in [0.15, 0.2) is 0 Å². The van der Waals surface area contributed by atoms with Gasteiger partial charge in [0.15, 0.2) is 0 Å². The summed E-state index contributed by atoms with van der Waals surface area (Å²) in [5.74, 6) is 0. The SMILES string of the molecule is CC(C)(C)C1CNCCN1C(=O)O[C@@H]1CCNC1. The number of carbonyl (C=O) groups is 1. The number of hydrogen-bond acceptors (Lipinski definition) is 4. The Morgan fingerprint density at radius 1 is 1.22 bits per heavy atom. The molecule has 0 bridgehead atoms. The molecule has 2 N–H and O–H groups in total. The molecule has 18 heavy (non-hydrogen) atoms. The average Bonchev–Trinajstić information content (AvgIpc) is 2.80. The van der Waals surface area contributed by atoms with Gasteiger partial charge < -0.3 is 20.3 Å². The number of nitrogens with zero attached hydrogens (tertiary/aromatic N) is 1. The largest absolute Gasteiger partial charge is 0.445 e. The standard InChI is InChI=1S/C13H25N3O2/c1-13(2,3)11-9-15-6-7-16(11)12(17)18-10-4-5-14-8-10/h10-11,14-15H,4-9H2,1-3H3/t10-,11?/m1/s1. The highest BCUT2D eigenvalue weighted by atomic mass is 16.6. The van der Waals surface area contributed by atoms with Crippen LogP contribution in [-0.4, -0.2) is 55.9 Å². The summed E-state index contributed by atoms with van der Waals surface area (Å²) < 4.78 is 5.57. The molecule has 0 aliphatic carbocycles. The highest BCUT2D eigenvalue weighted by Gasteiger charge is 2.36. The third kappa shape index (κ3) is 3.14. The van der Waals surface area contributed by atoms with Crippen molar-refractivity contribution in [1.29, 1.82) is 0 Å². The molecule has 2 fully saturated rings. The number of nitrogens with one attached hydrogen (secondary N) is 2. The molecule has 0 aromatic heterocycles. The average molecular weight is 255 g/mol. The van der Waals surface area contributed by atoms with Gasteiger partial charge in [0.1, 0.15) is 6.10 Å². The van der Waals surface area contributed by atoms with Gasteiger partial charge >= 0.3 is 6.09 Å². The van der Waals surface area contributed by atoms with E-state index in [0.717, 1.165) is 39.1 Å². The van der Waals surface area contributed by atoms with Gasteiger partial charge in [-0.3, -0.25) is 0 Å². The Bertz CT molecular complexity index is 295. The van der Waals surface area contributed by atoms with Crippen LogP contribution in [0.5, 0.6) is 0 Å². The Labute approximate surface area is 109 Å². The summed E-state index contributed by atoms with van der Waals surface area (Å²) >= 11 is 0. The first-order valence-electron chi connectivity index (χ1n) is 6.87. The molecule has 2 saturated heterocycles. The zero-order valence-corrected chi connectivity index (χ0v) is 11.7. The van der Waals surface area contributed by atoms with Gasteiger partial charge in [0.05, 0.1) is 6.04 Å². The minimum Gasteiger partial charge on any atom is -0.445 e. The molecule has 5 nitrogen and oxygen atoms in total. The molecular formula is C13H25N3O2. The molecule has 5 heteroatoms. The summed E-state index contributed by atoms with van der Waals surface area (Å²) in [6, 6.07) is 0.202. The van der Waals surface area contributed by atoms with Crippen molar-refractivity contribution in [2.75, 3.05) is 32.7 Å². The minimum atomic E-state index is -0.148. The van der Waals surface area contributed by atoms with E-state index >= 15 is 0 Å². The summed E-state index contributed by atoms with van der Waals surface area (Å²) in [6.07, 6.45) is 0.830. The molecular weight excluding hydrogens is 230 g/mol. The second-order valence-electron chi connectivity index (χ2n) is 6.28. The molecule has 1 unspecified atom stereocenters. The van der Waals surface area contributed by atoms with Crippen molar-refractivity contribution in [1.82, 2.24) is 15.5 Å². The van der Waals surface area contributed by atoms with Crippen LogP contribution in [0.3, 0.4) is 0 Å². The van der Waals surface area contributed by atoms with Crippen molar-refractivity contribution < 1.29 is 9.53 Å². The molecule has 0 spiro atoms. The summed E-state index contributed by atoms with van der Waals surface area (Å²) in [5, 5.41) is 6.57. The lowest BCUT2D eigenvalue weighted by Gasteiger charge is -2.43. The maximum Gasteiger partial charge on any atom is 0.410 e. The van der Waals surface area contributed by atoms with Gasteiger partial charge in [0, 0.05) is 26.2 Å². The zero-order chi connectivity index (χ0) is 13.2. The monoisotopic (exact) mass is 255 g/mol. The van der Waals surface area contributed by atoms with E-state index in [4.69, 9.17) is 4.74 Å². The summed E-state index contributed by atoms with van der Waals surface area (Å²) in [6.45, 7) is 10.7. The Balaban J connectivity index is 1.97. The van der Waals surface area contributed by atoms with E-state index in [0.29, 0.717) is 0 Å². The fraction of sp³-hybridized carbons (Fsp3) is 0.923. The van der Waals surface area contributed by atoms with Crippen LogP contribution in [0.25, 0.3) is 0 Å². The molecule has 0 aromatic rings. The van der Waals surface area contributed by atoms with E-state index in [1.807, 2.05) is 4.90 Å². The van der Waals surface area contributed by atoms with Crippen molar-refractivity contribution in [3.05, 3.63) is 0 Å². The fourth-order valence-corrected chi connectivity index (χ4v) is 2.64. The number of rotatable bonds is 1. The Kier molecular flexibility index (Phi) is 4.12. The molecule has 0 saturated carbocycles. The molecule has 1 amide bonds. The molecule has 104 valence electrons. The number of hydrogen-bond donors (Lipinski definition) is 2. The molecule has 0 aromatic carbocycles. The second kappa shape index (κ2) is 5.45. The van der Waals surface area contributed by atoms with E-state index in [1.54, 1.807) is 0 Å². The van der Waals surface area contributed by atoms with E-state index in [1.165, 1.54) is 0 Å². The molecule has 2 aliphatic rings. The summed E-state index contributed by atoms with van der Waals surface area (Å²) in [7, 11) is 0.